The van der Waals surface area contributed by atoms with E-state index >= 15 is 0 Å². The third kappa shape index (κ3) is 4.76. The highest BCUT2D eigenvalue weighted by Gasteiger charge is 2.49. The van der Waals surface area contributed by atoms with E-state index in [1.807, 2.05) is 39.8 Å². The number of hydrogen-bond acceptors (Lipinski definition) is 4. The largest absolute Gasteiger partial charge is 0.452 e. The molecule has 1 unspecified atom stereocenters. The van der Waals surface area contributed by atoms with E-state index in [1.54, 1.807) is 48.5 Å². The van der Waals surface area contributed by atoms with Crippen LogP contribution in [0.25, 0.3) is 0 Å². The van der Waals surface area contributed by atoms with Gasteiger partial charge < -0.3 is 9.47 Å². The van der Waals surface area contributed by atoms with Crippen molar-refractivity contribution in [1.82, 2.24) is 0 Å². The fraction of sp³-hybridized carbons (Fsp3) is 0.391. The van der Waals surface area contributed by atoms with Crippen molar-refractivity contribution in [3.05, 3.63) is 71.8 Å². The molecule has 0 aliphatic carbocycles. The third-order valence-electron chi connectivity index (χ3n) is 4.98. The summed E-state index contributed by atoms with van der Waals surface area (Å²) in [5, 5.41) is 0. The molecule has 144 valence electrons. The molecule has 0 bridgehead atoms. The molecule has 0 N–H and O–H groups in total. The predicted molar refractivity (Wildman–Crippen MR) is 106 cm³/mol. The molecule has 4 heteroatoms. The SMILES string of the molecule is CCCC(CC)(OC(=O)c1ccccc1)C(C)(C)OC(=O)c1ccccc1. The van der Waals surface area contributed by atoms with Crippen LogP contribution in [0, 0.1) is 0 Å². The highest BCUT2D eigenvalue weighted by Crippen LogP contribution is 2.38. The number of hydrogen-bond donors (Lipinski definition) is 0. The van der Waals surface area contributed by atoms with Gasteiger partial charge in [0, 0.05) is 0 Å². The van der Waals surface area contributed by atoms with Crippen LogP contribution < -0.4 is 0 Å². The first-order chi connectivity index (χ1) is 12.8. The molecule has 0 heterocycles. The summed E-state index contributed by atoms with van der Waals surface area (Å²) in [5.74, 6) is -0.833. The van der Waals surface area contributed by atoms with Crippen LogP contribution in [0.5, 0.6) is 0 Å². The first kappa shape index (κ1) is 20.7. The predicted octanol–water partition coefficient (Wildman–Crippen LogP) is 5.43. The van der Waals surface area contributed by atoms with Gasteiger partial charge in [-0.1, -0.05) is 56.7 Å². The Labute approximate surface area is 161 Å². The lowest BCUT2D eigenvalue weighted by Gasteiger charge is -2.44. The molecule has 0 radical (unpaired) electrons. The number of esters is 2. The zero-order valence-corrected chi connectivity index (χ0v) is 16.5. The fourth-order valence-corrected chi connectivity index (χ4v) is 3.32. The second-order valence-corrected chi connectivity index (χ2v) is 7.12. The zero-order valence-electron chi connectivity index (χ0n) is 16.5. The molecular weight excluding hydrogens is 340 g/mol. The van der Waals surface area contributed by atoms with E-state index in [2.05, 4.69) is 0 Å². The molecule has 4 nitrogen and oxygen atoms in total. The van der Waals surface area contributed by atoms with Crippen LogP contribution in [-0.2, 0) is 9.47 Å². The van der Waals surface area contributed by atoms with Crippen LogP contribution in [0.4, 0.5) is 0 Å². The van der Waals surface area contributed by atoms with Crippen LogP contribution in [0.2, 0.25) is 0 Å². The second kappa shape index (κ2) is 8.85. The van der Waals surface area contributed by atoms with Crippen molar-refractivity contribution in [2.24, 2.45) is 0 Å². The van der Waals surface area contributed by atoms with Gasteiger partial charge in [0.25, 0.3) is 0 Å². The first-order valence-electron chi connectivity index (χ1n) is 9.42. The lowest BCUT2D eigenvalue weighted by molar-refractivity contribution is -0.148. The van der Waals surface area contributed by atoms with Crippen molar-refractivity contribution < 1.29 is 19.1 Å². The molecule has 0 amide bonds. The van der Waals surface area contributed by atoms with E-state index in [0.717, 1.165) is 6.42 Å². The average Bonchev–Trinajstić information content (AvgIpc) is 2.68. The number of carbonyl (C=O) groups excluding carboxylic acids is 2. The quantitative estimate of drug-likeness (QED) is 0.583. The summed E-state index contributed by atoms with van der Waals surface area (Å²) in [6.07, 6.45) is 1.92. The zero-order chi connectivity index (χ0) is 19.9. The molecular formula is C23H28O4. The van der Waals surface area contributed by atoms with Gasteiger partial charge in [0.15, 0.2) is 5.60 Å². The maximum Gasteiger partial charge on any atom is 0.338 e. The Morgan fingerprint density at radius 2 is 1.22 bits per heavy atom. The van der Waals surface area contributed by atoms with Gasteiger partial charge in [0.05, 0.1) is 11.1 Å². The molecule has 2 aromatic carbocycles. The van der Waals surface area contributed by atoms with E-state index in [1.165, 1.54) is 0 Å². The van der Waals surface area contributed by atoms with Crippen molar-refractivity contribution in [2.75, 3.05) is 0 Å². The minimum Gasteiger partial charge on any atom is -0.452 e. The summed E-state index contributed by atoms with van der Waals surface area (Å²) in [4.78, 5) is 25.4. The molecule has 0 spiro atoms. The van der Waals surface area contributed by atoms with Crippen LogP contribution in [0.3, 0.4) is 0 Å². The fourth-order valence-electron chi connectivity index (χ4n) is 3.32. The van der Waals surface area contributed by atoms with Gasteiger partial charge in [-0.3, -0.25) is 0 Å². The summed E-state index contributed by atoms with van der Waals surface area (Å²) in [5.41, 5.74) is -0.952. The van der Waals surface area contributed by atoms with Gasteiger partial charge in [-0.25, -0.2) is 9.59 Å². The van der Waals surface area contributed by atoms with Crippen LogP contribution in [0.15, 0.2) is 60.7 Å². The molecule has 27 heavy (non-hydrogen) atoms. The smallest absolute Gasteiger partial charge is 0.338 e. The molecule has 1 atom stereocenters. The monoisotopic (exact) mass is 368 g/mol. The van der Waals surface area contributed by atoms with E-state index in [0.29, 0.717) is 24.0 Å². The van der Waals surface area contributed by atoms with Crippen LogP contribution >= 0.6 is 0 Å². The van der Waals surface area contributed by atoms with E-state index in [4.69, 9.17) is 9.47 Å². The summed E-state index contributed by atoms with van der Waals surface area (Å²) >= 11 is 0. The molecule has 2 rings (SSSR count). The summed E-state index contributed by atoms with van der Waals surface area (Å²) in [6.45, 7) is 7.60. The highest BCUT2D eigenvalue weighted by atomic mass is 16.6. The molecule has 0 aliphatic heterocycles. The lowest BCUT2D eigenvalue weighted by atomic mass is 9.79. The molecule has 0 saturated carbocycles. The first-order valence-corrected chi connectivity index (χ1v) is 9.42. The van der Waals surface area contributed by atoms with Gasteiger partial charge in [-0.2, -0.15) is 0 Å². The van der Waals surface area contributed by atoms with E-state index < -0.39 is 23.1 Å². The van der Waals surface area contributed by atoms with Crippen molar-refractivity contribution in [1.29, 1.82) is 0 Å². The topological polar surface area (TPSA) is 52.6 Å². The molecule has 2 aromatic rings. The molecule has 0 fully saturated rings. The highest BCUT2D eigenvalue weighted by molar-refractivity contribution is 5.90. The Bertz CT molecular complexity index is 752. The maximum absolute atomic E-state index is 12.7. The summed E-state index contributed by atoms with van der Waals surface area (Å²) in [6, 6.07) is 17.7. The van der Waals surface area contributed by atoms with Crippen LogP contribution in [-0.4, -0.2) is 23.1 Å². The number of benzene rings is 2. The summed E-state index contributed by atoms with van der Waals surface area (Å²) < 4.78 is 11.9. The van der Waals surface area contributed by atoms with Gasteiger partial charge in [0.1, 0.15) is 5.60 Å². The van der Waals surface area contributed by atoms with Gasteiger partial charge in [-0.15, -0.1) is 0 Å². The van der Waals surface area contributed by atoms with Crippen molar-refractivity contribution >= 4 is 11.9 Å². The van der Waals surface area contributed by atoms with Gasteiger partial charge >= 0.3 is 11.9 Å². The van der Waals surface area contributed by atoms with Gasteiger partial charge in [-0.05, 0) is 51.0 Å². The molecule has 0 saturated heterocycles. The minimum atomic E-state index is -0.991. The van der Waals surface area contributed by atoms with Gasteiger partial charge in [0.2, 0.25) is 0 Å². The Morgan fingerprint density at radius 3 is 1.63 bits per heavy atom. The normalized spacial score (nSPS) is 13.5. The van der Waals surface area contributed by atoms with E-state index in [-0.39, 0.29) is 0 Å². The third-order valence-corrected chi connectivity index (χ3v) is 4.98. The van der Waals surface area contributed by atoms with E-state index in [9.17, 15) is 9.59 Å². The summed E-state index contributed by atoms with van der Waals surface area (Å²) in [7, 11) is 0. The standard InChI is InChI=1S/C23H28O4/c1-5-17-23(6-2,27-21(25)19-15-11-8-12-16-19)22(3,4)26-20(24)18-13-9-7-10-14-18/h7-16H,5-6,17H2,1-4H3. The molecule has 0 aromatic heterocycles. The Balaban J connectivity index is 2.29. The lowest BCUT2D eigenvalue weighted by Crippen LogP contribution is -2.55. The van der Waals surface area contributed by atoms with Crippen molar-refractivity contribution in [3.63, 3.8) is 0 Å². The van der Waals surface area contributed by atoms with Crippen LogP contribution in [0.1, 0.15) is 67.7 Å². The Kier molecular flexibility index (Phi) is 6.78. The molecule has 0 aliphatic rings. The minimum absolute atomic E-state index is 0.408. The number of rotatable bonds is 8. The Morgan fingerprint density at radius 1 is 0.778 bits per heavy atom. The van der Waals surface area contributed by atoms with Crippen molar-refractivity contribution in [2.45, 2.75) is 58.2 Å². The Hall–Kier alpha value is -2.62. The maximum atomic E-state index is 12.7. The second-order valence-electron chi connectivity index (χ2n) is 7.12. The number of ether oxygens (including phenoxy) is 2. The average molecular weight is 368 g/mol. The van der Waals surface area contributed by atoms with Crippen molar-refractivity contribution in [3.8, 4) is 0 Å². The number of carbonyl (C=O) groups is 2.